The molecule has 0 aromatic heterocycles. The van der Waals surface area contributed by atoms with E-state index in [1.54, 1.807) is 0 Å². The number of hydrogen-bond donors (Lipinski definition) is 1. The summed E-state index contributed by atoms with van der Waals surface area (Å²) in [6.45, 7) is 14.9. The Morgan fingerprint density at radius 3 is 1.83 bits per heavy atom. The monoisotopic (exact) mass is 200 g/mol. The predicted molar refractivity (Wildman–Crippen MR) is 61.3 cm³/mol. The maximum atomic E-state index is 3.37. The number of rotatable bonds is 2. The van der Waals surface area contributed by atoms with Gasteiger partial charge in [0.15, 0.2) is 0 Å². The number of nitrogens with two attached hydrogens (primary N) is 1. The van der Waals surface area contributed by atoms with Crippen molar-refractivity contribution in [3.05, 3.63) is 0 Å². The first-order valence-corrected chi connectivity index (χ1v) is 11.6. The quantitative estimate of drug-likeness (QED) is 0.511. The van der Waals surface area contributed by atoms with Gasteiger partial charge in [0.05, 0.1) is 0 Å². The molecule has 12 heavy (non-hydrogen) atoms. The zero-order valence-corrected chi connectivity index (χ0v) is 11.3. The molecule has 0 saturated carbocycles. The lowest BCUT2D eigenvalue weighted by Crippen LogP contribution is -2.97. The Bertz CT molecular complexity index is 187. The van der Waals surface area contributed by atoms with Crippen LogP contribution in [0.2, 0.25) is 39.3 Å². The smallest absolute Gasteiger partial charge is 0.274 e. The van der Waals surface area contributed by atoms with Crippen molar-refractivity contribution in [3.8, 4) is 11.5 Å². The summed E-state index contributed by atoms with van der Waals surface area (Å²) in [4.78, 5) is 2.42. The van der Waals surface area contributed by atoms with E-state index in [0.717, 1.165) is 6.54 Å². The summed E-state index contributed by atoms with van der Waals surface area (Å²) in [6, 6.07) is 0. The van der Waals surface area contributed by atoms with Gasteiger partial charge in [0, 0.05) is 0 Å². The van der Waals surface area contributed by atoms with Crippen LogP contribution in [0, 0.1) is 11.5 Å². The van der Waals surface area contributed by atoms with E-state index in [1.807, 2.05) is 0 Å². The summed E-state index contributed by atoms with van der Waals surface area (Å²) in [5.74, 6) is 3.27. The molecule has 0 spiro atoms. The van der Waals surface area contributed by atoms with Crippen LogP contribution in [-0.2, 0) is 0 Å². The van der Waals surface area contributed by atoms with Crippen LogP contribution in [0.5, 0.6) is 0 Å². The van der Waals surface area contributed by atoms with E-state index < -0.39 is 16.3 Å². The average Bonchev–Trinajstić information content (AvgIpc) is 1.76. The molecule has 0 unspecified atom stereocenters. The van der Waals surface area contributed by atoms with Crippen LogP contribution in [0.3, 0.4) is 0 Å². The highest BCUT2D eigenvalue weighted by atomic mass is 28.3. The highest BCUT2D eigenvalue weighted by molar-refractivity contribution is 6.83. The fourth-order valence-electron chi connectivity index (χ4n) is 0.673. The number of quaternary nitrogens is 1. The van der Waals surface area contributed by atoms with Crippen molar-refractivity contribution in [1.82, 2.24) is 0 Å². The molecule has 0 saturated heterocycles. The molecule has 0 aliphatic heterocycles. The minimum atomic E-state index is -1.12. The van der Waals surface area contributed by atoms with Gasteiger partial charge in [-0.05, 0) is 19.6 Å². The van der Waals surface area contributed by atoms with Crippen molar-refractivity contribution in [2.45, 2.75) is 39.3 Å². The highest BCUT2D eigenvalue weighted by Gasteiger charge is 2.18. The average molecular weight is 200 g/mol. The second-order valence-corrected chi connectivity index (χ2v) is 15.2. The second-order valence-electron chi connectivity index (χ2n) is 5.33. The fraction of sp³-hybridized carbons (Fsp3) is 0.778. The van der Waals surface area contributed by atoms with E-state index in [4.69, 9.17) is 0 Å². The summed E-state index contributed by atoms with van der Waals surface area (Å²) in [6.07, 6.45) is 0. The molecule has 0 heterocycles. The molecule has 0 aliphatic carbocycles. The van der Waals surface area contributed by atoms with E-state index in [-0.39, 0.29) is 0 Å². The van der Waals surface area contributed by atoms with Gasteiger partial charge < -0.3 is 4.98 Å². The van der Waals surface area contributed by atoms with Crippen LogP contribution in [0.15, 0.2) is 0 Å². The van der Waals surface area contributed by atoms with E-state index in [0.29, 0.717) is 0 Å². The third-order valence-corrected chi connectivity index (χ3v) is 3.64. The molecule has 0 amide bonds. The first kappa shape index (κ1) is 12.0. The van der Waals surface area contributed by atoms with Gasteiger partial charge in [0.2, 0.25) is 0 Å². The number of hydrogen-bond acceptors (Lipinski definition) is 0. The molecule has 0 bridgehead atoms. The summed E-state index contributed by atoms with van der Waals surface area (Å²) in [7, 11) is -2.08. The molecule has 0 aromatic carbocycles. The topological polar surface area (TPSA) is 16.6 Å². The van der Waals surface area contributed by atoms with E-state index >= 15 is 0 Å². The van der Waals surface area contributed by atoms with Gasteiger partial charge in [0.1, 0.15) is 14.6 Å². The molecule has 0 aliphatic rings. The van der Waals surface area contributed by atoms with Gasteiger partial charge in [-0.2, -0.15) is 0 Å². The fourth-order valence-corrected chi connectivity index (χ4v) is 2.02. The molecule has 0 rings (SSSR count). The minimum absolute atomic E-state index is 0.966. The van der Waals surface area contributed by atoms with Crippen LogP contribution in [0.1, 0.15) is 0 Å². The van der Waals surface area contributed by atoms with Gasteiger partial charge in [-0.1, -0.05) is 25.6 Å². The second kappa shape index (κ2) is 4.26. The van der Waals surface area contributed by atoms with Gasteiger partial charge >= 0.3 is 0 Å². The first-order valence-electron chi connectivity index (χ1n) is 4.55. The molecule has 70 valence electrons. The van der Waals surface area contributed by atoms with Gasteiger partial charge in [0.25, 0.3) is 8.24 Å². The minimum Gasteiger partial charge on any atom is -0.396 e. The third kappa shape index (κ3) is 9.95. The molecule has 2 N–H and O–H groups in total. The van der Waals surface area contributed by atoms with Crippen molar-refractivity contribution in [1.29, 1.82) is 0 Å². The molecule has 0 atom stereocenters. The summed E-state index contributed by atoms with van der Waals surface area (Å²) >= 11 is 0. The van der Waals surface area contributed by atoms with Crippen molar-refractivity contribution in [2.24, 2.45) is 0 Å². The van der Waals surface area contributed by atoms with E-state index in [9.17, 15) is 0 Å². The largest absolute Gasteiger partial charge is 0.396 e. The van der Waals surface area contributed by atoms with Crippen molar-refractivity contribution >= 4 is 16.3 Å². The zero-order valence-electron chi connectivity index (χ0n) is 9.28. The Morgan fingerprint density at radius 1 is 1.00 bits per heavy atom. The van der Waals surface area contributed by atoms with Gasteiger partial charge in [-0.15, -0.1) is 5.54 Å². The molecular weight excluding hydrogens is 178 g/mol. The van der Waals surface area contributed by atoms with Crippen LogP contribution in [0.25, 0.3) is 0 Å². The lowest BCUT2D eigenvalue weighted by molar-refractivity contribution is -0.516. The summed E-state index contributed by atoms with van der Waals surface area (Å²) < 4.78 is 0. The van der Waals surface area contributed by atoms with Gasteiger partial charge in [-0.3, -0.25) is 0 Å². The van der Waals surface area contributed by atoms with Crippen LogP contribution >= 0.6 is 0 Å². The lowest BCUT2D eigenvalue weighted by atomic mass is 10.7. The van der Waals surface area contributed by atoms with Gasteiger partial charge in [-0.25, -0.2) is 0 Å². The Morgan fingerprint density at radius 2 is 1.50 bits per heavy atom. The first-order chi connectivity index (χ1) is 5.21. The highest BCUT2D eigenvalue weighted by Crippen LogP contribution is 1.95. The molecule has 1 nitrogen and oxygen atoms in total. The van der Waals surface area contributed by atoms with E-state index in [1.165, 1.54) is 0 Å². The molecule has 0 fully saturated rings. The Labute approximate surface area is 79.0 Å². The standard InChI is InChI=1S/C9H21NSi2/c1-11(2,3)9-7-8-10-12(4,5)6/h10H,8H2,1-6H3/p+1. The van der Waals surface area contributed by atoms with Crippen LogP contribution in [-0.4, -0.2) is 22.9 Å². The molecule has 0 radical (unpaired) electrons. The molecule has 3 heteroatoms. The maximum Gasteiger partial charge on any atom is 0.274 e. The lowest BCUT2D eigenvalue weighted by Gasteiger charge is -2.10. The van der Waals surface area contributed by atoms with Crippen LogP contribution in [0.4, 0.5) is 0 Å². The Kier molecular flexibility index (Phi) is 4.25. The zero-order chi connectivity index (χ0) is 9.83. The van der Waals surface area contributed by atoms with Crippen LogP contribution < -0.4 is 4.98 Å². The van der Waals surface area contributed by atoms with Crippen molar-refractivity contribution in [3.63, 3.8) is 0 Å². The normalized spacial score (nSPS) is 12.2. The van der Waals surface area contributed by atoms with Crippen molar-refractivity contribution in [2.75, 3.05) is 6.54 Å². The maximum absolute atomic E-state index is 3.37. The van der Waals surface area contributed by atoms with Crippen molar-refractivity contribution < 1.29 is 4.98 Å². The summed E-state index contributed by atoms with van der Waals surface area (Å²) in [5, 5.41) is 0. The summed E-state index contributed by atoms with van der Waals surface area (Å²) in [5.41, 5.74) is 3.37. The molecular formula is C9H22NSi2+. The third-order valence-electron chi connectivity index (χ3n) is 1.28. The predicted octanol–water partition coefficient (Wildman–Crippen LogP) is 1.27. The SMILES string of the molecule is C[Si](C)(C)C#CC[NH2+][Si](C)(C)C. The van der Waals surface area contributed by atoms with E-state index in [2.05, 4.69) is 55.7 Å². The Hall–Kier alpha value is -0.0462. The Balaban J connectivity index is 3.75. The molecule has 0 aromatic rings.